The number of carboxylic acid groups (broad SMARTS) is 1. The first-order valence-corrected chi connectivity index (χ1v) is 14.0. The molecule has 3 aromatic carbocycles. The summed E-state index contributed by atoms with van der Waals surface area (Å²) < 4.78 is 12.5. The maximum Gasteiger partial charge on any atom is 0.407 e. The summed E-state index contributed by atoms with van der Waals surface area (Å²) in [6.45, 7) is 7.33. The zero-order chi connectivity index (χ0) is 28.7. The molecule has 1 saturated heterocycles. The number of carbonyl (C=O) groups excluding carboxylic acids is 1. The highest BCUT2D eigenvalue weighted by Gasteiger charge is 2.42. The van der Waals surface area contributed by atoms with Crippen LogP contribution in [0.5, 0.6) is 0 Å². The molecule has 2 aliphatic rings. The number of carbonyl (C=O) groups is 2. The zero-order valence-corrected chi connectivity index (χ0v) is 23.6. The topological polar surface area (TPSA) is 72.9 Å². The standard InChI is InChI=1S/C24H30N2O.C9H10FNO2/c1-18-8-10-20(11-9-18)23-16-21(23)17-26-14-12-24(13-15-26,25-19(2)27)22-6-4-3-5-7-22;1-11(9(12)13)6-7-2-4-8(10)5-3-7/h3-11,21,23H,12-17H2,1-2H3,(H,25,27);2-5H,6H2,1H3,(H,12,13)/t21-,23+;/m0./s1. The average molecular weight is 546 g/mol. The Morgan fingerprint density at radius 3 is 2.20 bits per heavy atom. The van der Waals surface area contributed by atoms with Gasteiger partial charge in [-0.25, -0.2) is 9.18 Å². The zero-order valence-electron chi connectivity index (χ0n) is 23.6. The number of benzene rings is 3. The number of hydrogen-bond acceptors (Lipinski definition) is 3. The predicted molar refractivity (Wildman–Crippen MR) is 156 cm³/mol. The Bertz CT molecular complexity index is 1260. The van der Waals surface area contributed by atoms with Crippen LogP contribution in [0, 0.1) is 18.7 Å². The van der Waals surface area contributed by atoms with E-state index >= 15 is 0 Å². The van der Waals surface area contributed by atoms with E-state index in [2.05, 4.69) is 65.7 Å². The van der Waals surface area contributed by atoms with Crippen molar-refractivity contribution in [2.75, 3.05) is 26.7 Å². The molecule has 2 atom stereocenters. The molecule has 6 nitrogen and oxygen atoms in total. The first-order chi connectivity index (χ1) is 19.1. The van der Waals surface area contributed by atoms with E-state index < -0.39 is 6.09 Å². The van der Waals surface area contributed by atoms with Crippen LogP contribution in [0.2, 0.25) is 0 Å². The molecular formula is C33H40FN3O3. The molecule has 40 heavy (non-hydrogen) atoms. The number of nitrogens with one attached hydrogen (secondary N) is 1. The fraction of sp³-hybridized carbons (Fsp3) is 0.394. The second kappa shape index (κ2) is 13.1. The Morgan fingerprint density at radius 1 is 1.00 bits per heavy atom. The van der Waals surface area contributed by atoms with E-state index in [0.29, 0.717) is 0 Å². The third kappa shape index (κ3) is 7.92. The van der Waals surface area contributed by atoms with Gasteiger partial charge >= 0.3 is 6.09 Å². The van der Waals surface area contributed by atoms with E-state index in [1.807, 2.05) is 6.07 Å². The summed E-state index contributed by atoms with van der Waals surface area (Å²) in [5.41, 5.74) is 4.64. The van der Waals surface area contributed by atoms with Crippen molar-refractivity contribution in [2.24, 2.45) is 5.92 Å². The van der Waals surface area contributed by atoms with Gasteiger partial charge in [0.05, 0.1) is 5.54 Å². The molecule has 0 unspecified atom stereocenters. The van der Waals surface area contributed by atoms with Crippen LogP contribution in [0.3, 0.4) is 0 Å². The van der Waals surface area contributed by atoms with Crippen LogP contribution in [0.4, 0.5) is 9.18 Å². The number of nitrogens with zero attached hydrogens (tertiary/aromatic N) is 2. The molecule has 1 heterocycles. The molecule has 0 aromatic heterocycles. The number of rotatable bonds is 7. The van der Waals surface area contributed by atoms with Gasteiger partial charge in [0.2, 0.25) is 5.91 Å². The highest BCUT2D eigenvalue weighted by molar-refractivity contribution is 5.74. The van der Waals surface area contributed by atoms with Crippen molar-refractivity contribution in [1.29, 1.82) is 0 Å². The van der Waals surface area contributed by atoms with Crippen LogP contribution in [0.15, 0.2) is 78.9 Å². The first-order valence-electron chi connectivity index (χ1n) is 14.0. The lowest BCUT2D eigenvalue weighted by Crippen LogP contribution is -2.52. The van der Waals surface area contributed by atoms with Gasteiger partial charge < -0.3 is 20.2 Å². The molecule has 7 heteroatoms. The summed E-state index contributed by atoms with van der Waals surface area (Å²) in [5, 5.41) is 11.8. The van der Waals surface area contributed by atoms with E-state index in [1.54, 1.807) is 19.1 Å². The maximum absolute atomic E-state index is 12.5. The number of piperidine rings is 1. The quantitative estimate of drug-likeness (QED) is 0.373. The molecule has 2 N–H and O–H groups in total. The van der Waals surface area contributed by atoms with E-state index in [1.165, 1.54) is 48.8 Å². The SMILES string of the molecule is CC(=O)NC1(c2ccccc2)CCN(C[C@@H]2C[C@@H]2c2ccc(C)cc2)CC1.CN(Cc1ccc(F)cc1)C(=O)O. The average Bonchev–Trinajstić information content (AvgIpc) is 3.71. The number of hydrogen-bond donors (Lipinski definition) is 2. The Morgan fingerprint density at radius 2 is 1.62 bits per heavy atom. The van der Waals surface area contributed by atoms with E-state index in [9.17, 15) is 14.0 Å². The lowest BCUT2D eigenvalue weighted by molar-refractivity contribution is -0.121. The fourth-order valence-corrected chi connectivity index (χ4v) is 5.63. The van der Waals surface area contributed by atoms with Crippen LogP contribution >= 0.6 is 0 Å². The molecule has 2 fully saturated rings. The normalized spacial score (nSPS) is 19.6. The minimum atomic E-state index is -0.996. The van der Waals surface area contributed by atoms with Gasteiger partial charge in [-0.3, -0.25) is 4.79 Å². The highest BCUT2D eigenvalue weighted by Crippen LogP contribution is 2.48. The predicted octanol–water partition coefficient (Wildman–Crippen LogP) is 6.16. The molecule has 5 rings (SSSR count). The summed E-state index contributed by atoms with van der Waals surface area (Å²) in [6.07, 6.45) is 2.29. The molecule has 0 spiro atoms. The van der Waals surface area contributed by atoms with Gasteiger partial charge in [-0.15, -0.1) is 0 Å². The molecule has 1 aliphatic carbocycles. The van der Waals surface area contributed by atoms with Crippen LogP contribution in [0.25, 0.3) is 0 Å². The van der Waals surface area contributed by atoms with Crippen molar-refractivity contribution in [1.82, 2.24) is 15.1 Å². The largest absolute Gasteiger partial charge is 0.465 e. The van der Waals surface area contributed by atoms with Gasteiger partial charge in [-0.1, -0.05) is 72.3 Å². The summed E-state index contributed by atoms with van der Waals surface area (Å²) in [7, 11) is 1.46. The number of likely N-dealkylation sites (tertiary alicyclic amines) is 1. The molecule has 1 saturated carbocycles. The van der Waals surface area contributed by atoms with Crippen LogP contribution in [0.1, 0.15) is 54.4 Å². The Labute approximate surface area is 236 Å². The van der Waals surface area contributed by atoms with Crippen molar-refractivity contribution in [3.8, 4) is 0 Å². The number of amides is 2. The Balaban J connectivity index is 0.000000240. The van der Waals surface area contributed by atoms with Gasteiger partial charge in [0.1, 0.15) is 5.82 Å². The smallest absolute Gasteiger partial charge is 0.407 e. The molecule has 3 aromatic rings. The Kier molecular flexibility index (Phi) is 9.58. The van der Waals surface area contributed by atoms with Gasteiger partial charge in [-0.05, 0) is 66.8 Å². The number of halogens is 1. The summed E-state index contributed by atoms with van der Waals surface area (Å²) >= 11 is 0. The van der Waals surface area contributed by atoms with Crippen molar-refractivity contribution < 1.29 is 19.1 Å². The van der Waals surface area contributed by atoms with E-state index in [0.717, 1.165) is 48.2 Å². The third-order valence-electron chi connectivity index (χ3n) is 8.03. The molecule has 2 amide bonds. The second-order valence-corrected chi connectivity index (χ2v) is 11.2. The monoisotopic (exact) mass is 545 g/mol. The Hall–Kier alpha value is -3.71. The molecule has 212 valence electrons. The lowest BCUT2D eigenvalue weighted by atomic mass is 9.80. The van der Waals surface area contributed by atoms with Crippen molar-refractivity contribution in [3.63, 3.8) is 0 Å². The van der Waals surface area contributed by atoms with Gasteiger partial charge in [0, 0.05) is 40.2 Å². The second-order valence-electron chi connectivity index (χ2n) is 11.2. The molecule has 0 bridgehead atoms. The van der Waals surface area contributed by atoms with Crippen LogP contribution < -0.4 is 5.32 Å². The van der Waals surface area contributed by atoms with Crippen molar-refractivity contribution >= 4 is 12.0 Å². The van der Waals surface area contributed by atoms with Gasteiger partial charge in [0.15, 0.2) is 0 Å². The van der Waals surface area contributed by atoms with Crippen molar-refractivity contribution in [2.45, 2.75) is 51.1 Å². The van der Waals surface area contributed by atoms with Gasteiger partial charge in [-0.2, -0.15) is 0 Å². The van der Waals surface area contributed by atoms with Crippen LogP contribution in [-0.4, -0.2) is 53.6 Å². The summed E-state index contributed by atoms with van der Waals surface area (Å²) in [4.78, 5) is 26.0. The van der Waals surface area contributed by atoms with E-state index in [4.69, 9.17) is 5.11 Å². The first kappa shape index (κ1) is 29.3. The summed E-state index contributed by atoms with van der Waals surface area (Å²) in [5.74, 6) is 1.27. The third-order valence-corrected chi connectivity index (χ3v) is 8.03. The lowest BCUT2D eigenvalue weighted by Gasteiger charge is -2.43. The molecule has 1 aliphatic heterocycles. The molecular weight excluding hydrogens is 505 g/mol. The van der Waals surface area contributed by atoms with E-state index in [-0.39, 0.29) is 23.8 Å². The highest BCUT2D eigenvalue weighted by atomic mass is 19.1. The maximum atomic E-state index is 12.5. The molecule has 0 radical (unpaired) electrons. The minimum absolute atomic E-state index is 0.0638. The van der Waals surface area contributed by atoms with Gasteiger partial charge in [0.25, 0.3) is 0 Å². The van der Waals surface area contributed by atoms with Crippen molar-refractivity contribution in [3.05, 3.63) is 107 Å². The summed E-state index contributed by atoms with van der Waals surface area (Å²) in [6, 6.07) is 25.3. The minimum Gasteiger partial charge on any atom is -0.465 e. The van der Waals surface area contributed by atoms with Crippen LogP contribution in [-0.2, 0) is 16.9 Å². The number of aryl methyl sites for hydroxylation is 1. The fourth-order valence-electron chi connectivity index (χ4n) is 5.63.